The molecule has 0 fully saturated rings. The predicted octanol–water partition coefficient (Wildman–Crippen LogP) is 3.29. The van der Waals surface area contributed by atoms with Gasteiger partial charge in [-0.25, -0.2) is 0 Å². The van der Waals surface area contributed by atoms with Crippen molar-refractivity contribution in [2.75, 3.05) is 18.9 Å². The quantitative estimate of drug-likeness (QED) is 0.901. The normalized spacial score (nSPS) is 15.0. The summed E-state index contributed by atoms with van der Waals surface area (Å²) in [6.45, 7) is 3.25. The molecule has 2 aromatic rings. The Kier molecular flexibility index (Phi) is 3.51. The highest BCUT2D eigenvalue weighted by atomic mass is 15.1. The van der Waals surface area contributed by atoms with Gasteiger partial charge in [0, 0.05) is 32.4 Å². The van der Waals surface area contributed by atoms with Crippen LogP contribution in [0.3, 0.4) is 0 Å². The van der Waals surface area contributed by atoms with Gasteiger partial charge in [0.25, 0.3) is 0 Å². The Morgan fingerprint density at radius 2 is 1.89 bits per heavy atom. The molecule has 2 aromatic carbocycles. The Hall–Kier alpha value is -1.80. The highest BCUT2D eigenvalue weighted by Gasteiger charge is 2.15. The van der Waals surface area contributed by atoms with Gasteiger partial charge in [-0.3, -0.25) is 4.90 Å². The van der Waals surface area contributed by atoms with Crippen LogP contribution in [0.1, 0.15) is 16.7 Å². The lowest BCUT2D eigenvalue weighted by Gasteiger charge is -2.28. The molecule has 3 rings (SSSR count). The average molecular weight is 252 g/mol. The number of benzene rings is 2. The number of hydrogen-bond acceptors (Lipinski definition) is 2. The number of rotatable bonds is 3. The molecule has 1 N–H and O–H groups in total. The van der Waals surface area contributed by atoms with Crippen molar-refractivity contribution >= 4 is 5.69 Å². The molecule has 0 bridgehead atoms. The largest absolute Gasteiger partial charge is 0.388 e. The molecule has 19 heavy (non-hydrogen) atoms. The monoisotopic (exact) mass is 252 g/mol. The summed E-state index contributed by atoms with van der Waals surface area (Å²) in [7, 11) is 1.97. The minimum atomic E-state index is 1.03. The maximum Gasteiger partial charge on any atom is 0.0340 e. The standard InChI is InChI=1S/C17H20N2/c1-18-17-8-4-5-14(11-17)12-19-10-9-15-6-2-3-7-16(15)13-19/h2-8,11,18H,9-10,12-13H2,1H3. The number of hydrogen-bond donors (Lipinski definition) is 1. The van der Waals surface area contributed by atoms with Gasteiger partial charge in [0.2, 0.25) is 0 Å². The van der Waals surface area contributed by atoms with Gasteiger partial charge in [-0.1, -0.05) is 36.4 Å². The van der Waals surface area contributed by atoms with Crippen molar-refractivity contribution in [1.29, 1.82) is 0 Å². The first-order chi connectivity index (χ1) is 9.35. The summed E-state index contributed by atoms with van der Waals surface area (Å²) in [5.41, 5.74) is 5.57. The van der Waals surface area contributed by atoms with Crippen LogP contribution < -0.4 is 5.32 Å². The van der Waals surface area contributed by atoms with Crippen LogP contribution in [0.15, 0.2) is 48.5 Å². The molecule has 0 saturated heterocycles. The van der Waals surface area contributed by atoms with E-state index in [0.29, 0.717) is 0 Å². The lowest BCUT2D eigenvalue weighted by atomic mass is 9.99. The lowest BCUT2D eigenvalue weighted by Crippen LogP contribution is -2.29. The zero-order chi connectivity index (χ0) is 13.1. The van der Waals surface area contributed by atoms with Crippen molar-refractivity contribution < 1.29 is 0 Å². The molecule has 0 radical (unpaired) electrons. The van der Waals surface area contributed by atoms with E-state index in [2.05, 4.69) is 58.7 Å². The molecular weight excluding hydrogens is 232 g/mol. The average Bonchev–Trinajstić information content (AvgIpc) is 2.47. The van der Waals surface area contributed by atoms with Crippen LogP contribution in [0.25, 0.3) is 0 Å². The van der Waals surface area contributed by atoms with Crippen LogP contribution in [0.2, 0.25) is 0 Å². The van der Waals surface area contributed by atoms with E-state index in [1.165, 1.54) is 28.8 Å². The van der Waals surface area contributed by atoms with Crippen LogP contribution in [-0.4, -0.2) is 18.5 Å². The Bertz CT molecular complexity index is 563. The first kappa shape index (κ1) is 12.2. The van der Waals surface area contributed by atoms with Gasteiger partial charge < -0.3 is 5.32 Å². The Morgan fingerprint density at radius 3 is 2.74 bits per heavy atom. The zero-order valence-electron chi connectivity index (χ0n) is 11.4. The van der Waals surface area contributed by atoms with E-state index < -0.39 is 0 Å². The molecule has 0 aliphatic carbocycles. The van der Waals surface area contributed by atoms with Crippen molar-refractivity contribution in [3.8, 4) is 0 Å². The van der Waals surface area contributed by atoms with Crippen molar-refractivity contribution in [1.82, 2.24) is 4.90 Å². The summed E-state index contributed by atoms with van der Waals surface area (Å²) < 4.78 is 0. The van der Waals surface area contributed by atoms with Crippen LogP contribution in [0, 0.1) is 0 Å². The van der Waals surface area contributed by atoms with E-state index >= 15 is 0 Å². The molecule has 0 spiro atoms. The molecule has 0 atom stereocenters. The third-order valence-corrected chi connectivity index (χ3v) is 3.83. The Balaban J connectivity index is 1.71. The minimum absolute atomic E-state index is 1.03. The lowest BCUT2D eigenvalue weighted by molar-refractivity contribution is 0.245. The third-order valence-electron chi connectivity index (χ3n) is 3.83. The van der Waals surface area contributed by atoms with Crippen LogP contribution in [0.4, 0.5) is 5.69 Å². The van der Waals surface area contributed by atoms with Gasteiger partial charge in [-0.2, -0.15) is 0 Å². The van der Waals surface area contributed by atoms with Gasteiger partial charge in [0.1, 0.15) is 0 Å². The fraction of sp³-hybridized carbons (Fsp3) is 0.294. The molecule has 0 saturated carbocycles. The smallest absolute Gasteiger partial charge is 0.0340 e. The highest BCUT2D eigenvalue weighted by molar-refractivity contribution is 5.45. The molecular formula is C17H20N2. The molecule has 0 unspecified atom stereocenters. The number of nitrogens with zero attached hydrogens (tertiary/aromatic N) is 1. The maximum absolute atomic E-state index is 3.20. The molecule has 1 heterocycles. The van der Waals surface area contributed by atoms with Gasteiger partial charge >= 0.3 is 0 Å². The van der Waals surface area contributed by atoms with E-state index in [-0.39, 0.29) is 0 Å². The summed E-state index contributed by atoms with van der Waals surface area (Å²) in [5.74, 6) is 0. The Morgan fingerprint density at radius 1 is 1.05 bits per heavy atom. The number of anilines is 1. The van der Waals surface area contributed by atoms with E-state index in [9.17, 15) is 0 Å². The zero-order valence-corrected chi connectivity index (χ0v) is 11.4. The highest BCUT2D eigenvalue weighted by Crippen LogP contribution is 2.21. The SMILES string of the molecule is CNc1cccc(CN2CCc3ccccc3C2)c1. The van der Waals surface area contributed by atoms with E-state index in [1.807, 2.05) is 7.05 Å². The van der Waals surface area contributed by atoms with E-state index in [0.717, 1.165) is 19.6 Å². The maximum atomic E-state index is 3.20. The van der Waals surface area contributed by atoms with E-state index in [1.54, 1.807) is 0 Å². The second-order valence-corrected chi connectivity index (χ2v) is 5.18. The van der Waals surface area contributed by atoms with Gasteiger partial charge in [0.15, 0.2) is 0 Å². The van der Waals surface area contributed by atoms with Crippen LogP contribution >= 0.6 is 0 Å². The third kappa shape index (κ3) is 2.79. The summed E-state index contributed by atoms with van der Waals surface area (Å²) >= 11 is 0. The number of fused-ring (bicyclic) bond motifs is 1. The fourth-order valence-corrected chi connectivity index (χ4v) is 2.77. The van der Waals surface area contributed by atoms with Gasteiger partial charge in [-0.15, -0.1) is 0 Å². The molecule has 0 aromatic heterocycles. The van der Waals surface area contributed by atoms with Crippen molar-refractivity contribution in [3.05, 3.63) is 65.2 Å². The van der Waals surface area contributed by atoms with E-state index in [4.69, 9.17) is 0 Å². The summed E-state index contributed by atoms with van der Waals surface area (Å²) in [4.78, 5) is 2.52. The predicted molar refractivity (Wildman–Crippen MR) is 80.2 cm³/mol. The molecule has 2 nitrogen and oxygen atoms in total. The topological polar surface area (TPSA) is 15.3 Å². The van der Waals surface area contributed by atoms with Crippen molar-refractivity contribution in [2.24, 2.45) is 0 Å². The number of nitrogens with one attached hydrogen (secondary N) is 1. The second kappa shape index (κ2) is 5.45. The first-order valence-corrected chi connectivity index (χ1v) is 6.91. The summed E-state index contributed by atoms with van der Waals surface area (Å²) in [6.07, 6.45) is 1.17. The van der Waals surface area contributed by atoms with Gasteiger partial charge in [-0.05, 0) is 35.2 Å². The molecule has 0 amide bonds. The Labute approximate surface area is 115 Å². The minimum Gasteiger partial charge on any atom is -0.388 e. The molecule has 2 heteroatoms. The second-order valence-electron chi connectivity index (χ2n) is 5.18. The first-order valence-electron chi connectivity index (χ1n) is 6.91. The fourth-order valence-electron chi connectivity index (χ4n) is 2.77. The molecule has 1 aliphatic rings. The van der Waals surface area contributed by atoms with Crippen LogP contribution in [-0.2, 0) is 19.5 Å². The van der Waals surface area contributed by atoms with Crippen LogP contribution in [0.5, 0.6) is 0 Å². The molecule has 98 valence electrons. The molecule has 1 aliphatic heterocycles. The summed E-state index contributed by atoms with van der Waals surface area (Å²) in [5, 5.41) is 3.20. The summed E-state index contributed by atoms with van der Waals surface area (Å²) in [6, 6.07) is 17.5. The van der Waals surface area contributed by atoms with Gasteiger partial charge in [0.05, 0.1) is 0 Å². The van der Waals surface area contributed by atoms with Crippen molar-refractivity contribution in [3.63, 3.8) is 0 Å². The van der Waals surface area contributed by atoms with Crippen molar-refractivity contribution in [2.45, 2.75) is 19.5 Å².